The monoisotopic (exact) mass is 437 g/mol. The molecule has 5 nitrogen and oxygen atoms in total. The zero-order valence-corrected chi connectivity index (χ0v) is 20.8. The molecule has 5 heteroatoms. The van der Waals surface area contributed by atoms with E-state index in [0.717, 1.165) is 29.1 Å². The van der Waals surface area contributed by atoms with Gasteiger partial charge in [-0.15, -0.1) is 0 Å². The molecule has 168 valence electrons. The number of rotatable bonds is 1. The van der Waals surface area contributed by atoms with Crippen molar-refractivity contribution >= 4 is 22.7 Å². The van der Waals surface area contributed by atoms with Gasteiger partial charge in [0.1, 0.15) is 0 Å². The van der Waals surface area contributed by atoms with Crippen LogP contribution in [0.15, 0.2) is 30.3 Å². The lowest BCUT2D eigenvalue weighted by Crippen LogP contribution is -2.50. The molecule has 0 radical (unpaired) electrons. The second kappa shape index (κ2) is 6.17. The highest BCUT2D eigenvalue weighted by atomic mass is 15.4. The van der Waals surface area contributed by atoms with Crippen molar-refractivity contribution in [1.82, 2.24) is 9.55 Å². The van der Waals surface area contributed by atoms with Crippen LogP contribution in [0, 0.1) is 22.7 Å². The molecule has 0 saturated heterocycles. The van der Waals surface area contributed by atoms with E-state index in [0.29, 0.717) is 11.1 Å². The first-order valence-electron chi connectivity index (χ1n) is 11.6. The second-order valence-corrected chi connectivity index (χ2v) is 12.0. The van der Waals surface area contributed by atoms with E-state index >= 15 is 0 Å². The summed E-state index contributed by atoms with van der Waals surface area (Å²) in [4.78, 5) is 7.37. The first kappa shape index (κ1) is 21.5. The maximum Gasteiger partial charge on any atom is 0.212 e. The molecule has 0 saturated carbocycles. The van der Waals surface area contributed by atoms with Crippen LogP contribution < -0.4 is 4.90 Å². The van der Waals surface area contributed by atoms with Crippen molar-refractivity contribution in [3.63, 3.8) is 0 Å². The molecule has 0 N–H and O–H groups in total. The molecular formula is C28H31N5. The van der Waals surface area contributed by atoms with E-state index in [1.165, 1.54) is 11.1 Å². The van der Waals surface area contributed by atoms with Gasteiger partial charge in [-0.1, -0.05) is 27.7 Å². The van der Waals surface area contributed by atoms with E-state index in [1.807, 2.05) is 12.1 Å². The number of nitriles is 2. The first-order chi connectivity index (χ1) is 15.2. The summed E-state index contributed by atoms with van der Waals surface area (Å²) in [6, 6.07) is 14.4. The predicted molar refractivity (Wildman–Crippen MR) is 132 cm³/mol. The summed E-state index contributed by atoms with van der Waals surface area (Å²) in [6.45, 7) is 18.2. The summed E-state index contributed by atoms with van der Waals surface area (Å²) >= 11 is 0. The van der Waals surface area contributed by atoms with E-state index < -0.39 is 0 Å². The maximum absolute atomic E-state index is 9.56. The molecule has 2 heterocycles. The summed E-state index contributed by atoms with van der Waals surface area (Å²) in [5, 5.41) is 19.1. The highest BCUT2D eigenvalue weighted by molar-refractivity contribution is 5.86. The van der Waals surface area contributed by atoms with E-state index in [9.17, 15) is 10.5 Å². The van der Waals surface area contributed by atoms with E-state index in [4.69, 9.17) is 4.98 Å². The van der Waals surface area contributed by atoms with Crippen molar-refractivity contribution in [2.75, 3.05) is 4.90 Å². The van der Waals surface area contributed by atoms with Gasteiger partial charge in [0.15, 0.2) is 0 Å². The van der Waals surface area contributed by atoms with Crippen LogP contribution in [0.2, 0.25) is 0 Å². The van der Waals surface area contributed by atoms with Crippen molar-refractivity contribution in [2.45, 2.75) is 83.7 Å². The number of aromatic nitrogens is 2. The van der Waals surface area contributed by atoms with Crippen LogP contribution in [-0.4, -0.2) is 15.1 Å². The number of hydrogen-bond donors (Lipinski definition) is 0. The molecule has 5 rings (SSSR count). The number of anilines is 2. The average Bonchev–Trinajstić information content (AvgIpc) is 3.22. The normalized spacial score (nSPS) is 20.8. The van der Waals surface area contributed by atoms with Crippen LogP contribution in [-0.2, 0) is 16.4 Å². The minimum absolute atomic E-state index is 0.110. The molecule has 0 fully saturated rings. The van der Waals surface area contributed by atoms with Gasteiger partial charge in [0, 0.05) is 5.69 Å². The fourth-order valence-electron chi connectivity index (χ4n) is 6.33. The van der Waals surface area contributed by atoms with E-state index in [1.54, 1.807) is 6.07 Å². The van der Waals surface area contributed by atoms with Crippen molar-refractivity contribution < 1.29 is 0 Å². The van der Waals surface area contributed by atoms with Crippen LogP contribution in [0.5, 0.6) is 0 Å². The van der Waals surface area contributed by atoms with Gasteiger partial charge in [-0.05, 0) is 86.4 Å². The SMILES string of the molecule is CC1(C)CC(C)(C)c2cc3c(cc21)nc1n3C(C)(C)C(C)(C)N1c1cc(C#N)cc(C#N)c1. The van der Waals surface area contributed by atoms with Gasteiger partial charge in [-0.25, -0.2) is 4.98 Å². The smallest absolute Gasteiger partial charge is 0.212 e. The highest BCUT2D eigenvalue weighted by Gasteiger charge is 2.54. The Balaban J connectivity index is 1.83. The van der Waals surface area contributed by atoms with Crippen LogP contribution in [0.1, 0.15) is 84.1 Å². The van der Waals surface area contributed by atoms with Crippen molar-refractivity contribution in [3.8, 4) is 12.1 Å². The lowest BCUT2D eigenvalue weighted by Gasteiger charge is -2.41. The Hall–Kier alpha value is -3.31. The Labute approximate surface area is 196 Å². The van der Waals surface area contributed by atoms with Crippen LogP contribution in [0.25, 0.3) is 11.0 Å². The number of nitrogens with zero attached hydrogens (tertiary/aromatic N) is 5. The molecule has 33 heavy (non-hydrogen) atoms. The van der Waals surface area contributed by atoms with Crippen molar-refractivity contribution in [2.24, 2.45) is 0 Å². The predicted octanol–water partition coefficient (Wildman–Crippen LogP) is 6.40. The van der Waals surface area contributed by atoms with Gasteiger partial charge in [0.2, 0.25) is 5.95 Å². The highest BCUT2D eigenvalue weighted by Crippen LogP contribution is 2.54. The Bertz CT molecular complexity index is 1390. The molecule has 2 aliphatic rings. The van der Waals surface area contributed by atoms with Crippen LogP contribution in [0.3, 0.4) is 0 Å². The zero-order chi connectivity index (χ0) is 24.1. The molecule has 1 aliphatic carbocycles. The quantitative estimate of drug-likeness (QED) is 0.441. The largest absolute Gasteiger partial charge is 0.304 e. The number of benzene rings is 2. The maximum atomic E-state index is 9.56. The van der Waals surface area contributed by atoms with Gasteiger partial charge in [-0.2, -0.15) is 10.5 Å². The molecule has 0 bridgehead atoms. The lowest BCUT2D eigenvalue weighted by atomic mass is 9.81. The Morgan fingerprint density at radius 3 is 1.85 bits per heavy atom. The third-order valence-electron chi connectivity index (χ3n) is 8.37. The van der Waals surface area contributed by atoms with Gasteiger partial charge < -0.3 is 9.47 Å². The number of imidazole rings is 1. The number of fused-ring (bicyclic) bond motifs is 4. The Kier molecular flexibility index (Phi) is 4.03. The molecule has 1 aliphatic heterocycles. The molecule has 1 aromatic heterocycles. The summed E-state index contributed by atoms with van der Waals surface area (Å²) < 4.78 is 2.36. The molecule has 0 spiro atoms. The Morgan fingerprint density at radius 1 is 0.758 bits per heavy atom. The average molecular weight is 438 g/mol. The Morgan fingerprint density at radius 2 is 1.30 bits per heavy atom. The minimum atomic E-state index is -0.335. The molecule has 0 unspecified atom stereocenters. The summed E-state index contributed by atoms with van der Waals surface area (Å²) in [7, 11) is 0. The van der Waals surface area contributed by atoms with E-state index in [-0.39, 0.29) is 21.9 Å². The number of hydrogen-bond acceptors (Lipinski definition) is 4. The summed E-state index contributed by atoms with van der Waals surface area (Å²) in [5.41, 5.74) is 6.34. The van der Waals surface area contributed by atoms with Gasteiger partial charge in [0.25, 0.3) is 0 Å². The minimum Gasteiger partial charge on any atom is -0.304 e. The van der Waals surface area contributed by atoms with Gasteiger partial charge in [-0.3, -0.25) is 0 Å². The fraction of sp³-hybridized carbons (Fsp3) is 0.464. The fourth-order valence-corrected chi connectivity index (χ4v) is 6.33. The third kappa shape index (κ3) is 2.66. The lowest BCUT2D eigenvalue weighted by molar-refractivity contribution is 0.253. The molecule has 0 amide bonds. The van der Waals surface area contributed by atoms with Crippen LogP contribution in [0.4, 0.5) is 11.6 Å². The van der Waals surface area contributed by atoms with Gasteiger partial charge >= 0.3 is 0 Å². The summed E-state index contributed by atoms with van der Waals surface area (Å²) in [6.07, 6.45) is 1.12. The molecule has 0 atom stereocenters. The topological polar surface area (TPSA) is 68.6 Å². The standard InChI is InChI=1S/C28H31N5/c1-25(2)16-26(3,4)21-13-23-22(12-20(21)25)31-24-32(27(5,6)28(7,8)33(23)24)19-10-17(14-29)9-18(11-19)15-30/h9-13H,16H2,1-8H3. The van der Waals surface area contributed by atoms with Crippen molar-refractivity contribution in [1.29, 1.82) is 10.5 Å². The van der Waals surface area contributed by atoms with Gasteiger partial charge in [0.05, 0.1) is 45.4 Å². The van der Waals surface area contributed by atoms with Crippen molar-refractivity contribution in [3.05, 3.63) is 52.6 Å². The van der Waals surface area contributed by atoms with E-state index in [2.05, 4.69) is 89.1 Å². The molecule has 3 aromatic rings. The van der Waals surface area contributed by atoms with Crippen LogP contribution >= 0.6 is 0 Å². The second-order valence-electron chi connectivity index (χ2n) is 12.0. The molecule has 2 aromatic carbocycles. The summed E-state index contributed by atoms with van der Waals surface area (Å²) in [5.74, 6) is 0.860. The molecular weight excluding hydrogens is 406 g/mol. The first-order valence-corrected chi connectivity index (χ1v) is 11.6. The zero-order valence-electron chi connectivity index (χ0n) is 20.8. The third-order valence-corrected chi connectivity index (χ3v) is 8.37.